The van der Waals surface area contributed by atoms with Crippen LogP contribution in [0.4, 0.5) is 5.69 Å². The Balaban J connectivity index is 2.13. The molecule has 0 unspecified atom stereocenters. The zero-order valence-corrected chi connectivity index (χ0v) is 11.0. The van der Waals surface area contributed by atoms with E-state index in [9.17, 15) is 4.79 Å². The molecule has 0 aliphatic heterocycles. The van der Waals surface area contributed by atoms with Crippen molar-refractivity contribution in [1.29, 1.82) is 0 Å². The van der Waals surface area contributed by atoms with Crippen molar-refractivity contribution in [2.24, 2.45) is 0 Å². The number of aryl methyl sites for hydroxylation is 1. The number of carbonyl (C=O) groups is 1. The number of anilines is 1. The van der Waals surface area contributed by atoms with E-state index in [4.69, 9.17) is 5.11 Å². The molecule has 0 fully saturated rings. The summed E-state index contributed by atoms with van der Waals surface area (Å²) in [5.74, 6) is -0.903. The van der Waals surface area contributed by atoms with E-state index in [-0.39, 0.29) is 0 Å². The molecule has 1 aromatic carbocycles. The van der Waals surface area contributed by atoms with Crippen molar-refractivity contribution in [3.63, 3.8) is 0 Å². The molecule has 0 spiro atoms. The molecule has 2 rings (SSSR count). The molecule has 0 aliphatic carbocycles. The topological polar surface area (TPSA) is 49.3 Å². The van der Waals surface area contributed by atoms with Crippen molar-refractivity contribution in [3.05, 3.63) is 51.7 Å². The molecule has 1 aromatic heterocycles. The average Bonchev–Trinajstić information content (AvgIpc) is 2.84. The highest BCUT2D eigenvalue weighted by molar-refractivity contribution is 7.10. The highest BCUT2D eigenvalue weighted by Gasteiger charge is 2.09. The lowest BCUT2D eigenvalue weighted by atomic mass is 10.1. The van der Waals surface area contributed by atoms with Crippen LogP contribution in [0.25, 0.3) is 0 Å². The maximum atomic E-state index is 11.1. The normalized spacial score (nSPS) is 10.3. The van der Waals surface area contributed by atoms with Crippen LogP contribution in [0, 0.1) is 0 Å². The van der Waals surface area contributed by atoms with Gasteiger partial charge in [-0.2, -0.15) is 0 Å². The van der Waals surface area contributed by atoms with Crippen LogP contribution in [0.5, 0.6) is 0 Å². The van der Waals surface area contributed by atoms with E-state index in [1.54, 1.807) is 29.5 Å². The van der Waals surface area contributed by atoms with E-state index in [0.717, 1.165) is 6.42 Å². The Morgan fingerprint density at radius 2 is 2.11 bits per heavy atom. The van der Waals surface area contributed by atoms with Crippen LogP contribution in [0.15, 0.2) is 35.7 Å². The molecule has 2 aromatic rings. The van der Waals surface area contributed by atoms with Crippen LogP contribution in [0.3, 0.4) is 0 Å². The Hall–Kier alpha value is -1.81. The van der Waals surface area contributed by atoms with E-state index < -0.39 is 5.97 Å². The van der Waals surface area contributed by atoms with Crippen LogP contribution in [-0.2, 0) is 13.0 Å². The molecule has 0 saturated heterocycles. The summed E-state index contributed by atoms with van der Waals surface area (Å²) in [6.07, 6.45) is 1.00. The second-order valence-electron chi connectivity index (χ2n) is 3.93. The number of nitrogens with one attached hydrogen (secondary N) is 1. The van der Waals surface area contributed by atoms with Gasteiger partial charge in [0.2, 0.25) is 0 Å². The molecule has 4 heteroatoms. The maximum Gasteiger partial charge on any atom is 0.337 e. The summed E-state index contributed by atoms with van der Waals surface area (Å²) >= 11 is 1.70. The Bertz CT molecular complexity index is 548. The van der Waals surface area contributed by atoms with Crippen molar-refractivity contribution in [1.82, 2.24) is 0 Å². The average molecular weight is 261 g/mol. The first-order chi connectivity index (χ1) is 8.72. The molecule has 0 bridgehead atoms. The molecule has 18 heavy (non-hydrogen) atoms. The molecule has 2 N–H and O–H groups in total. The molecule has 0 saturated carbocycles. The zero-order valence-electron chi connectivity index (χ0n) is 10.1. The van der Waals surface area contributed by atoms with Crippen molar-refractivity contribution in [2.45, 2.75) is 19.9 Å². The van der Waals surface area contributed by atoms with Gasteiger partial charge in [-0.05, 0) is 35.6 Å². The lowest BCUT2D eigenvalue weighted by Crippen LogP contribution is -2.06. The van der Waals surface area contributed by atoms with Crippen LogP contribution >= 0.6 is 11.3 Å². The van der Waals surface area contributed by atoms with Gasteiger partial charge >= 0.3 is 5.97 Å². The summed E-state index contributed by atoms with van der Waals surface area (Å²) < 4.78 is 0. The summed E-state index contributed by atoms with van der Waals surface area (Å²) in [5, 5.41) is 14.4. The maximum absolute atomic E-state index is 11.1. The summed E-state index contributed by atoms with van der Waals surface area (Å²) in [6.45, 7) is 2.79. The number of carboxylic acids is 1. The van der Waals surface area contributed by atoms with E-state index in [0.29, 0.717) is 17.8 Å². The SMILES string of the molecule is CCc1ccsc1CNc1ccccc1C(=O)O. The third-order valence-electron chi connectivity index (χ3n) is 2.82. The smallest absolute Gasteiger partial charge is 0.337 e. The minimum Gasteiger partial charge on any atom is -0.478 e. The fraction of sp³-hybridized carbons (Fsp3) is 0.214. The molecule has 0 amide bonds. The summed E-state index contributed by atoms with van der Waals surface area (Å²) in [6, 6.07) is 9.09. The van der Waals surface area contributed by atoms with Gasteiger partial charge in [-0.25, -0.2) is 4.79 Å². The van der Waals surface area contributed by atoms with Gasteiger partial charge in [0.25, 0.3) is 0 Å². The van der Waals surface area contributed by atoms with Crippen LogP contribution in [0.2, 0.25) is 0 Å². The summed E-state index contributed by atoms with van der Waals surface area (Å²) in [5.41, 5.74) is 2.30. The van der Waals surface area contributed by atoms with E-state index in [1.807, 2.05) is 6.07 Å². The lowest BCUT2D eigenvalue weighted by Gasteiger charge is -2.09. The van der Waals surface area contributed by atoms with Gasteiger partial charge in [0.15, 0.2) is 0 Å². The second kappa shape index (κ2) is 5.69. The molecule has 0 atom stereocenters. The van der Waals surface area contributed by atoms with Crippen LogP contribution in [0.1, 0.15) is 27.7 Å². The molecule has 0 aliphatic rings. The summed E-state index contributed by atoms with van der Waals surface area (Å²) in [4.78, 5) is 12.3. The van der Waals surface area contributed by atoms with Gasteiger partial charge in [-0.3, -0.25) is 0 Å². The van der Waals surface area contributed by atoms with Gasteiger partial charge in [0.05, 0.1) is 5.56 Å². The van der Waals surface area contributed by atoms with Gasteiger partial charge < -0.3 is 10.4 Å². The molecule has 94 valence electrons. The third-order valence-corrected chi connectivity index (χ3v) is 3.78. The Labute approximate surface area is 110 Å². The van der Waals surface area contributed by atoms with E-state index in [1.165, 1.54) is 10.4 Å². The molecule has 1 heterocycles. The number of aromatic carboxylic acids is 1. The fourth-order valence-electron chi connectivity index (χ4n) is 1.84. The quantitative estimate of drug-likeness (QED) is 0.864. The number of rotatable bonds is 5. The molecule has 0 radical (unpaired) electrons. The largest absolute Gasteiger partial charge is 0.478 e. The summed E-state index contributed by atoms with van der Waals surface area (Å²) in [7, 11) is 0. The van der Waals surface area contributed by atoms with E-state index >= 15 is 0 Å². The number of benzene rings is 1. The minimum absolute atomic E-state index is 0.312. The monoisotopic (exact) mass is 261 g/mol. The zero-order chi connectivity index (χ0) is 13.0. The van der Waals surface area contributed by atoms with Gasteiger partial charge in [0, 0.05) is 17.1 Å². The van der Waals surface area contributed by atoms with Crippen molar-refractivity contribution >= 4 is 23.0 Å². The Morgan fingerprint density at radius 1 is 1.33 bits per heavy atom. The molecular formula is C14H15NO2S. The highest BCUT2D eigenvalue weighted by atomic mass is 32.1. The number of carboxylic acid groups (broad SMARTS) is 1. The lowest BCUT2D eigenvalue weighted by molar-refractivity contribution is 0.0698. The Kier molecular flexibility index (Phi) is 3.99. The first kappa shape index (κ1) is 12.6. The van der Waals surface area contributed by atoms with E-state index in [2.05, 4.69) is 23.7 Å². The predicted octanol–water partition coefficient (Wildman–Crippen LogP) is 3.62. The number of hydrogen-bond acceptors (Lipinski definition) is 3. The second-order valence-corrected chi connectivity index (χ2v) is 4.93. The van der Waals surface area contributed by atoms with Gasteiger partial charge in [-0.1, -0.05) is 19.1 Å². The predicted molar refractivity (Wildman–Crippen MR) is 74.4 cm³/mol. The van der Waals surface area contributed by atoms with Crippen LogP contribution < -0.4 is 5.32 Å². The Morgan fingerprint density at radius 3 is 2.83 bits per heavy atom. The molecular weight excluding hydrogens is 246 g/mol. The fourth-order valence-corrected chi connectivity index (χ4v) is 2.75. The van der Waals surface area contributed by atoms with Crippen LogP contribution in [-0.4, -0.2) is 11.1 Å². The van der Waals surface area contributed by atoms with Crippen molar-refractivity contribution in [2.75, 3.05) is 5.32 Å². The third kappa shape index (κ3) is 2.71. The molecule has 3 nitrogen and oxygen atoms in total. The number of para-hydroxylation sites is 1. The number of hydrogen-bond donors (Lipinski definition) is 2. The van der Waals surface area contributed by atoms with Gasteiger partial charge in [-0.15, -0.1) is 11.3 Å². The minimum atomic E-state index is -0.903. The first-order valence-electron chi connectivity index (χ1n) is 5.83. The van der Waals surface area contributed by atoms with Crippen molar-refractivity contribution in [3.8, 4) is 0 Å². The first-order valence-corrected chi connectivity index (χ1v) is 6.71. The standard InChI is InChI=1S/C14H15NO2S/c1-2-10-7-8-18-13(10)9-15-12-6-4-3-5-11(12)14(16)17/h3-8,15H,2,9H2,1H3,(H,16,17). The number of thiophene rings is 1. The van der Waals surface area contributed by atoms with Crippen molar-refractivity contribution < 1.29 is 9.90 Å². The highest BCUT2D eigenvalue weighted by Crippen LogP contribution is 2.21. The van der Waals surface area contributed by atoms with Gasteiger partial charge in [0.1, 0.15) is 0 Å².